The van der Waals surface area contributed by atoms with Gasteiger partial charge in [-0.15, -0.1) is 0 Å². The van der Waals surface area contributed by atoms with Gasteiger partial charge in [-0.3, -0.25) is 9.78 Å². The van der Waals surface area contributed by atoms with Crippen molar-refractivity contribution in [3.8, 4) is 5.75 Å². The molecule has 2 aromatic rings. The number of pyridine rings is 1. The molecule has 5 heteroatoms. The SMILES string of the molecule is CC(C)N(C(=O)c1ccc(C2CC3(CCNCC3)Oc3ccccc32)nc1)C(C)C. The summed E-state index contributed by atoms with van der Waals surface area (Å²) in [5.41, 5.74) is 2.73. The Balaban J connectivity index is 1.64. The van der Waals surface area contributed by atoms with Gasteiger partial charge in [-0.05, 0) is 78.2 Å². The number of fused-ring (bicyclic) bond motifs is 1. The van der Waals surface area contributed by atoms with E-state index < -0.39 is 0 Å². The second kappa shape index (κ2) is 8.38. The van der Waals surface area contributed by atoms with Crippen LogP contribution < -0.4 is 10.1 Å². The predicted octanol–water partition coefficient (Wildman–Crippen LogP) is 4.38. The number of nitrogens with one attached hydrogen (secondary N) is 1. The summed E-state index contributed by atoms with van der Waals surface area (Å²) in [5.74, 6) is 1.20. The fourth-order valence-corrected chi connectivity index (χ4v) is 5.02. The van der Waals surface area contributed by atoms with Crippen molar-refractivity contribution in [3.63, 3.8) is 0 Å². The Morgan fingerprint density at radius 1 is 1.10 bits per heavy atom. The lowest BCUT2D eigenvalue weighted by Gasteiger charge is -2.44. The number of hydrogen-bond acceptors (Lipinski definition) is 4. The van der Waals surface area contributed by atoms with Crippen molar-refractivity contribution in [2.45, 2.75) is 70.6 Å². The van der Waals surface area contributed by atoms with Crippen molar-refractivity contribution in [2.24, 2.45) is 0 Å². The summed E-state index contributed by atoms with van der Waals surface area (Å²) in [7, 11) is 0. The van der Waals surface area contributed by atoms with Crippen molar-refractivity contribution in [1.29, 1.82) is 0 Å². The Hall–Kier alpha value is -2.40. The fourth-order valence-electron chi connectivity index (χ4n) is 5.02. The molecule has 5 nitrogen and oxygen atoms in total. The summed E-state index contributed by atoms with van der Waals surface area (Å²) < 4.78 is 6.53. The summed E-state index contributed by atoms with van der Waals surface area (Å²) in [6, 6.07) is 12.6. The average molecular weight is 408 g/mol. The van der Waals surface area contributed by atoms with Crippen molar-refractivity contribution >= 4 is 5.91 Å². The molecular formula is C25H33N3O2. The summed E-state index contributed by atoms with van der Waals surface area (Å²) >= 11 is 0. The highest BCUT2D eigenvalue weighted by Gasteiger charge is 2.42. The quantitative estimate of drug-likeness (QED) is 0.817. The van der Waals surface area contributed by atoms with E-state index in [1.807, 2.05) is 23.1 Å². The Morgan fingerprint density at radius 2 is 1.80 bits per heavy atom. The maximum absolute atomic E-state index is 13.0. The number of hydrogen-bond donors (Lipinski definition) is 1. The lowest BCUT2D eigenvalue weighted by Crippen LogP contribution is -2.49. The summed E-state index contributed by atoms with van der Waals surface area (Å²) in [4.78, 5) is 19.7. The van der Waals surface area contributed by atoms with Crippen LogP contribution in [0.1, 0.15) is 74.5 Å². The number of carbonyl (C=O) groups is 1. The molecule has 1 spiro atoms. The molecule has 1 fully saturated rings. The monoisotopic (exact) mass is 407 g/mol. The van der Waals surface area contributed by atoms with E-state index in [1.165, 1.54) is 5.56 Å². The molecule has 0 aliphatic carbocycles. The van der Waals surface area contributed by atoms with E-state index in [4.69, 9.17) is 9.72 Å². The van der Waals surface area contributed by atoms with E-state index in [2.05, 4.69) is 51.2 Å². The van der Waals surface area contributed by atoms with Gasteiger partial charge in [-0.25, -0.2) is 0 Å². The average Bonchev–Trinajstić information content (AvgIpc) is 2.73. The number of piperidine rings is 1. The molecule has 1 amide bonds. The van der Waals surface area contributed by atoms with Crippen molar-refractivity contribution in [2.75, 3.05) is 13.1 Å². The highest BCUT2D eigenvalue weighted by molar-refractivity contribution is 5.94. The van der Waals surface area contributed by atoms with Crippen molar-refractivity contribution in [3.05, 3.63) is 59.4 Å². The molecule has 0 bridgehead atoms. The topological polar surface area (TPSA) is 54.5 Å². The van der Waals surface area contributed by atoms with E-state index in [1.54, 1.807) is 6.20 Å². The molecular weight excluding hydrogens is 374 g/mol. The molecule has 1 atom stereocenters. The smallest absolute Gasteiger partial charge is 0.255 e. The second-order valence-corrected chi connectivity index (χ2v) is 9.20. The van der Waals surface area contributed by atoms with Crippen LogP contribution in [-0.4, -0.2) is 46.6 Å². The zero-order chi connectivity index (χ0) is 21.3. The van der Waals surface area contributed by atoms with Gasteiger partial charge < -0.3 is 15.0 Å². The lowest BCUT2D eigenvalue weighted by atomic mass is 9.76. The van der Waals surface area contributed by atoms with Crippen LogP contribution in [0.5, 0.6) is 5.75 Å². The fraction of sp³-hybridized carbons (Fsp3) is 0.520. The molecule has 30 heavy (non-hydrogen) atoms. The van der Waals surface area contributed by atoms with E-state index >= 15 is 0 Å². The Kier molecular flexibility index (Phi) is 5.83. The number of carbonyl (C=O) groups excluding carboxylic acids is 1. The number of para-hydroxylation sites is 1. The minimum absolute atomic E-state index is 0.0428. The standard InChI is InChI=1S/C25H33N3O2/c1-17(2)28(18(3)4)24(29)19-9-10-22(27-16-19)21-15-25(11-13-26-14-12-25)30-23-8-6-5-7-20(21)23/h5-10,16-18,21,26H,11-15H2,1-4H3. The second-order valence-electron chi connectivity index (χ2n) is 9.20. The van der Waals surface area contributed by atoms with Gasteiger partial charge in [0.15, 0.2) is 0 Å². The number of benzene rings is 1. The molecule has 4 rings (SSSR count). The third-order valence-corrected chi connectivity index (χ3v) is 6.45. The molecule has 0 radical (unpaired) electrons. The number of amides is 1. The Labute approximate surface area is 179 Å². The molecule has 1 aromatic carbocycles. The largest absolute Gasteiger partial charge is 0.487 e. The van der Waals surface area contributed by atoms with Crippen LogP contribution in [0.3, 0.4) is 0 Å². The van der Waals surface area contributed by atoms with Crippen LogP contribution in [0.4, 0.5) is 0 Å². The molecule has 1 aromatic heterocycles. The maximum atomic E-state index is 13.0. The molecule has 1 N–H and O–H groups in total. The Bertz CT molecular complexity index is 878. The van der Waals surface area contributed by atoms with Crippen molar-refractivity contribution in [1.82, 2.24) is 15.2 Å². The van der Waals surface area contributed by atoms with Crippen LogP contribution in [-0.2, 0) is 0 Å². The number of aromatic nitrogens is 1. The van der Waals surface area contributed by atoms with Gasteiger partial charge in [0, 0.05) is 35.5 Å². The summed E-state index contributed by atoms with van der Waals surface area (Å²) in [6.45, 7) is 10.2. The molecule has 2 aliphatic heterocycles. The molecule has 2 aliphatic rings. The number of ether oxygens (including phenoxy) is 1. The van der Waals surface area contributed by atoms with Gasteiger partial charge in [0.05, 0.1) is 5.56 Å². The third-order valence-electron chi connectivity index (χ3n) is 6.45. The predicted molar refractivity (Wildman–Crippen MR) is 119 cm³/mol. The van der Waals surface area contributed by atoms with Gasteiger partial charge in [-0.2, -0.15) is 0 Å². The third kappa shape index (κ3) is 3.95. The minimum atomic E-state index is -0.132. The van der Waals surface area contributed by atoms with Gasteiger partial charge >= 0.3 is 0 Å². The van der Waals surface area contributed by atoms with E-state index in [9.17, 15) is 4.79 Å². The van der Waals surface area contributed by atoms with Crippen LogP contribution >= 0.6 is 0 Å². The number of rotatable bonds is 4. The zero-order valence-electron chi connectivity index (χ0n) is 18.5. The van der Waals surface area contributed by atoms with Crippen molar-refractivity contribution < 1.29 is 9.53 Å². The lowest BCUT2D eigenvalue weighted by molar-refractivity contribution is 0.0110. The van der Waals surface area contributed by atoms with Gasteiger partial charge in [0.2, 0.25) is 0 Å². The molecule has 160 valence electrons. The number of nitrogens with zero attached hydrogens (tertiary/aromatic N) is 2. The summed E-state index contributed by atoms with van der Waals surface area (Å²) in [5, 5.41) is 3.45. The molecule has 1 unspecified atom stereocenters. The van der Waals surface area contributed by atoms with Crippen LogP contribution in [0.15, 0.2) is 42.6 Å². The van der Waals surface area contributed by atoms with E-state index in [0.29, 0.717) is 5.56 Å². The van der Waals surface area contributed by atoms with Crippen LogP contribution in [0.25, 0.3) is 0 Å². The first-order valence-corrected chi connectivity index (χ1v) is 11.2. The van der Waals surface area contributed by atoms with Gasteiger partial charge in [-0.1, -0.05) is 18.2 Å². The molecule has 3 heterocycles. The maximum Gasteiger partial charge on any atom is 0.255 e. The first-order valence-electron chi connectivity index (χ1n) is 11.2. The van der Waals surface area contributed by atoms with E-state index in [0.717, 1.165) is 43.8 Å². The van der Waals surface area contributed by atoms with Gasteiger partial charge in [0.1, 0.15) is 11.4 Å². The zero-order valence-corrected chi connectivity index (χ0v) is 18.5. The highest BCUT2D eigenvalue weighted by Crippen LogP contribution is 2.46. The molecule has 1 saturated heterocycles. The first kappa shape index (κ1) is 20.9. The molecule has 0 saturated carbocycles. The minimum Gasteiger partial charge on any atom is -0.487 e. The first-order chi connectivity index (χ1) is 14.4. The van der Waals surface area contributed by atoms with Crippen LogP contribution in [0.2, 0.25) is 0 Å². The van der Waals surface area contributed by atoms with E-state index in [-0.39, 0.29) is 29.5 Å². The van der Waals surface area contributed by atoms with Crippen LogP contribution in [0, 0.1) is 0 Å². The summed E-state index contributed by atoms with van der Waals surface area (Å²) in [6.07, 6.45) is 4.69. The highest BCUT2D eigenvalue weighted by atomic mass is 16.5. The normalized spacial score (nSPS) is 20.1. The van der Waals surface area contributed by atoms with Gasteiger partial charge in [0.25, 0.3) is 5.91 Å². The Morgan fingerprint density at radius 3 is 2.43 bits per heavy atom.